The molecule has 5 heteroatoms. The second kappa shape index (κ2) is 10.5. The smallest absolute Gasteiger partial charge is 0.227 e. The van der Waals surface area contributed by atoms with Gasteiger partial charge in [-0.3, -0.25) is 4.79 Å². The van der Waals surface area contributed by atoms with Gasteiger partial charge in [-0.05, 0) is 37.6 Å². The maximum Gasteiger partial charge on any atom is 0.227 e. The van der Waals surface area contributed by atoms with Crippen LogP contribution in [0.25, 0.3) is 0 Å². The van der Waals surface area contributed by atoms with Crippen molar-refractivity contribution in [3.63, 3.8) is 0 Å². The molecular formula is C15H25ClN2O2. The van der Waals surface area contributed by atoms with E-state index >= 15 is 0 Å². The Bertz CT molecular complexity index is 399. The van der Waals surface area contributed by atoms with E-state index in [4.69, 9.17) is 4.74 Å². The van der Waals surface area contributed by atoms with E-state index in [0.717, 1.165) is 30.8 Å². The molecule has 1 atom stereocenters. The Morgan fingerprint density at radius 3 is 2.70 bits per heavy atom. The number of nitrogens with one attached hydrogen (secondary N) is 2. The maximum atomic E-state index is 12.0. The van der Waals surface area contributed by atoms with E-state index in [-0.39, 0.29) is 24.2 Å². The zero-order valence-electron chi connectivity index (χ0n) is 12.4. The minimum atomic E-state index is -0.165. The molecule has 0 aliphatic heterocycles. The van der Waals surface area contributed by atoms with E-state index in [9.17, 15) is 4.79 Å². The quantitative estimate of drug-likeness (QED) is 0.725. The highest BCUT2D eigenvalue weighted by Crippen LogP contribution is 2.20. The van der Waals surface area contributed by atoms with Crippen molar-refractivity contribution >= 4 is 18.3 Å². The van der Waals surface area contributed by atoms with Crippen molar-refractivity contribution in [3.8, 4) is 5.75 Å². The van der Waals surface area contributed by atoms with Crippen molar-refractivity contribution in [2.24, 2.45) is 0 Å². The van der Waals surface area contributed by atoms with Crippen LogP contribution >= 0.6 is 12.4 Å². The summed E-state index contributed by atoms with van der Waals surface area (Å²) in [6.45, 7) is 6.49. The topological polar surface area (TPSA) is 50.4 Å². The fourth-order valence-corrected chi connectivity index (χ4v) is 1.79. The highest BCUT2D eigenvalue weighted by molar-refractivity contribution is 5.85. The third-order valence-corrected chi connectivity index (χ3v) is 3.01. The van der Waals surface area contributed by atoms with E-state index in [1.807, 2.05) is 31.2 Å². The molecule has 1 aromatic rings. The van der Waals surface area contributed by atoms with Gasteiger partial charge in [0, 0.05) is 13.1 Å². The molecule has 0 heterocycles. The number of rotatable bonds is 8. The number of benzene rings is 1. The molecule has 0 bridgehead atoms. The Hall–Kier alpha value is -1.26. The SMILES string of the molecule is CCCNCCNC(=O)C(C)c1cccc(OC)c1.Cl. The first-order chi connectivity index (χ1) is 9.19. The molecule has 4 nitrogen and oxygen atoms in total. The second-order valence-electron chi connectivity index (χ2n) is 4.54. The Labute approximate surface area is 127 Å². The molecule has 20 heavy (non-hydrogen) atoms. The van der Waals surface area contributed by atoms with Gasteiger partial charge in [-0.2, -0.15) is 0 Å². The van der Waals surface area contributed by atoms with E-state index in [2.05, 4.69) is 17.6 Å². The van der Waals surface area contributed by atoms with Gasteiger partial charge < -0.3 is 15.4 Å². The van der Waals surface area contributed by atoms with E-state index in [0.29, 0.717) is 6.54 Å². The molecule has 0 radical (unpaired) electrons. The van der Waals surface area contributed by atoms with Crippen LogP contribution in [0.4, 0.5) is 0 Å². The highest BCUT2D eigenvalue weighted by atomic mass is 35.5. The Balaban J connectivity index is 0.00000361. The molecule has 0 fully saturated rings. The Morgan fingerprint density at radius 2 is 2.05 bits per heavy atom. The van der Waals surface area contributed by atoms with Crippen molar-refractivity contribution in [1.82, 2.24) is 10.6 Å². The van der Waals surface area contributed by atoms with Crippen LogP contribution in [0.5, 0.6) is 5.75 Å². The van der Waals surface area contributed by atoms with Gasteiger partial charge >= 0.3 is 0 Å². The molecule has 0 saturated carbocycles. The van der Waals surface area contributed by atoms with Crippen LogP contribution in [0.3, 0.4) is 0 Å². The minimum Gasteiger partial charge on any atom is -0.497 e. The molecule has 1 aromatic carbocycles. The molecule has 0 aliphatic carbocycles. The van der Waals surface area contributed by atoms with Crippen LogP contribution in [-0.2, 0) is 4.79 Å². The normalized spacial score (nSPS) is 11.3. The zero-order chi connectivity index (χ0) is 14.1. The van der Waals surface area contributed by atoms with Gasteiger partial charge in [0.05, 0.1) is 13.0 Å². The molecule has 114 valence electrons. The molecule has 0 saturated heterocycles. The van der Waals surface area contributed by atoms with Gasteiger partial charge in [0.2, 0.25) is 5.91 Å². The van der Waals surface area contributed by atoms with E-state index in [1.54, 1.807) is 7.11 Å². The van der Waals surface area contributed by atoms with Crippen LogP contribution in [0.1, 0.15) is 31.7 Å². The fraction of sp³-hybridized carbons (Fsp3) is 0.533. The third kappa shape index (κ3) is 6.26. The summed E-state index contributed by atoms with van der Waals surface area (Å²) in [7, 11) is 1.63. The fourth-order valence-electron chi connectivity index (χ4n) is 1.79. The summed E-state index contributed by atoms with van der Waals surface area (Å²) in [5.74, 6) is 0.662. The lowest BCUT2D eigenvalue weighted by atomic mass is 10.0. The average Bonchev–Trinajstić information content (AvgIpc) is 2.46. The number of ether oxygens (including phenoxy) is 1. The Morgan fingerprint density at radius 1 is 1.30 bits per heavy atom. The first kappa shape index (κ1) is 18.7. The van der Waals surface area contributed by atoms with Gasteiger partial charge in [-0.1, -0.05) is 19.1 Å². The number of hydrogen-bond acceptors (Lipinski definition) is 3. The molecule has 1 rings (SSSR count). The minimum absolute atomic E-state index is 0. The number of amides is 1. The third-order valence-electron chi connectivity index (χ3n) is 3.01. The molecule has 0 spiro atoms. The van der Waals surface area contributed by atoms with Crippen molar-refractivity contribution < 1.29 is 9.53 Å². The van der Waals surface area contributed by atoms with Crippen LogP contribution in [0.2, 0.25) is 0 Å². The first-order valence-electron chi connectivity index (χ1n) is 6.81. The standard InChI is InChI=1S/C15H24N2O2.ClH/c1-4-8-16-9-10-17-15(18)12(2)13-6-5-7-14(11-13)19-3;/h5-7,11-12,16H,4,8-10H2,1-3H3,(H,17,18);1H. The maximum absolute atomic E-state index is 12.0. The summed E-state index contributed by atoms with van der Waals surface area (Å²) in [6, 6.07) is 7.63. The van der Waals surface area contributed by atoms with E-state index in [1.165, 1.54) is 0 Å². The predicted octanol–water partition coefficient (Wildman–Crippen LogP) is 2.34. The van der Waals surface area contributed by atoms with Crippen molar-refractivity contribution in [2.45, 2.75) is 26.2 Å². The van der Waals surface area contributed by atoms with Crippen molar-refractivity contribution in [3.05, 3.63) is 29.8 Å². The summed E-state index contributed by atoms with van der Waals surface area (Å²) in [6.07, 6.45) is 1.11. The largest absolute Gasteiger partial charge is 0.497 e. The monoisotopic (exact) mass is 300 g/mol. The summed E-state index contributed by atoms with van der Waals surface area (Å²) in [5.41, 5.74) is 0.971. The number of carbonyl (C=O) groups excluding carboxylic acids is 1. The molecule has 0 aromatic heterocycles. The zero-order valence-corrected chi connectivity index (χ0v) is 13.3. The van der Waals surface area contributed by atoms with Crippen molar-refractivity contribution in [2.75, 3.05) is 26.7 Å². The number of hydrogen-bond donors (Lipinski definition) is 2. The number of methoxy groups -OCH3 is 1. The van der Waals surface area contributed by atoms with Crippen LogP contribution in [0.15, 0.2) is 24.3 Å². The van der Waals surface area contributed by atoms with Gasteiger partial charge in [-0.15, -0.1) is 12.4 Å². The van der Waals surface area contributed by atoms with Crippen LogP contribution in [-0.4, -0.2) is 32.7 Å². The number of carbonyl (C=O) groups is 1. The van der Waals surface area contributed by atoms with Crippen LogP contribution in [0, 0.1) is 0 Å². The highest BCUT2D eigenvalue weighted by Gasteiger charge is 2.14. The number of halogens is 1. The second-order valence-corrected chi connectivity index (χ2v) is 4.54. The van der Waals surface area contributed by atoms with Gasteiger partial charge in [0.1, 0.15) is 5.75 Å². The summed E-state index contributed by atoms with van der Waals surface area (Å²) in [4.78, 5) is 12.0. The summed E-state index contributed by atoms with van der Waals surface area (Å²) in [5, 5.41) is 6.19. The predicted molar refractivity (Wildman–Crippen MR) is 84.8 cm³/mol. The summed E-state index contributed by atoms with van der Waals surface area (Å²) >= 11 is 0. The molecular weight excluding hydrogens is 276 g/mol. The first-order valence-corrected chi connectivity index (χ1v) is 6.81. The average molecular weight is 301 g/mol. The lowest BCUT2D eigenvalue weighted by Gasteiger charge is -2.13. The van der Waals surface area contributed by atoms with Gasteiger partial charge in [0.25, 0.3) is 0 Å². The lowest BCUT2D eigenvalue weighted by Crippen LogP contribution is -2.34. The molecule has 1 amide bonds. The summed E-state index contributed by atoms with van der Waals surface area (Å²) < 4.78 is 5.17. The lowest BCUT2D eigenvalue weighted by molar-refractivity contribution is -0.122. The Kier molecular flexibility index (Phi) is 9.86. The molecule has 2 N–H and O–H groups in total. The molecule has 1 unspecified atom stereocenters. The van der Waals surface area contributed by atoms with Crippen molar-refractivity contribution in [1.29, 1.82) is 0 Å². The van der Waals surface area contributed by atoms with E-state index < -0.39 is 0 Å². The molecule has 0 aliphatic rings. The van der Waals surface area contributed by atoms with Gasteiger partial charge in [0.15, 0.2) is 0 Å². The van der Waals surface area contributed by atoms with Crippen LogP contribution < -0.4 is 15.4 Å². The van der Waals surface area contributed by atoms with Gasteiger partial charge in [-0.25, -0.2) is 0 Å².